The Balaban J connectivity index is 2.02. The largest absolute Gasteiger partial charge is 0.348 e. The lowest BCUT2D eigenvalue weighted by atomic mass is 9.84. The fraction of sp³-hybridized carbons (Fsp3) is 0.588. The van der Waals surface area contributed by atoms with Crippen molar-refractivity contribution in [3.63, 3.8) is 0 Å². The van der Waals surface area contributed by atoms with Crippen LogP contribution in [0.25, 0.3) is 0 Å². The molecule has 1 aliphatic rings. The lowest BCUT2D eigenvalue weighted by molar-refractivity contribution is 0.0915. The molecule has 0 radical (unpaired) electrons. The van der Waals surface area contributed by atoms with Crippen LogP contribution in [0.3, 0.4) is 0 Å². The SMILES string of the molecule is Cc1ccc(C(=O)NC(CN)C2CCCCC2)cc1C. The summed E-state index contributed by atoms with van der Waals surface area (Å²) in [7, 11) is 0. The van der Waals surface area contributed by atoms with E-state index in [1.165, 1.54) is 37.7 Å². The van der Waals surface area contributed by atoms with Crippen LogP contribution in [-0.4, -0.2) is 18.5 Å². The Morgan fingerprint density at radius 1 is 1.25 bits per heavy atom. The molecule has 1 atom stereocenters. The maximum Gasteiger partial charge on any atom is 0.251 e. The average Bonchev–Trinajstić information content (AvgIpc) is 2.48. The van der Waals surface area contributed by atoms with E-state index in [0.29, 0.717) is 12.5 Å². The second kappa shape index (κ2) is 6.89. The zero-order valence-electron chi connectivity index (χ0n) is 12.6. The van der Waals surface area contributed by atoms with E-state index >= 15 is 0 Å². The molecule has 0 bridgehead atoms. The van der Waals surface area contributed by atoms with Gasteiger partial charge in [0.1, 0.15) is 0 Å². The van der Waals surface area contributed by atoms with Gasteiger partial charge in [0.25, 0.3) is 5.91 Å². The predicted molar refractivity (Wildman–Crippen MR) is 82.8 cm³/mol. The molecule has 0 heterocycles. The summed E-state index contributed by atoms with van der Waals surface area (Å²) in [5.74, 6) is 0.554. The Morgan fingerprint density at radius 3 is 2.55 bits per heavy atom. The second-order valence-corrected chi connectivity index (χ2v) is 6.01. The van der Waals surface area contributed by atoms with Gasteiger partial charge in [-0.1, -0.05) is 25.3 Å². The number of hydrogen-bond acceptors (Lipinski definition) is 2. The minimum atomic E-state index is 0.00845. The molecular formula is C17H26N2O. The monoisotopic (exact) mass is 274 g/mol. The number of hydrogen-bond donors (Lipinski definition) is 2. The van der Waals surface area contributed by atoms with Crippen molar-refractivity contribution >= 4 is 5.91 Å². The Hall–Kier alpha value is -1.35. The highest BCUT2D eigenvalue weighted by Gasteiger charge is 2.24. The first kappa shape index (κ1) is 15.0. The number of carbonyl (C=O) groups excluding carboxylic acids is 1. The number of nitrogens with one attached hydrogen (secondary N) is 1. The summed E-state index contributed by atoms with van der Waals surface area (Å²) in [6.07, 6.45) is 6.23. The number of rotatable bonds is 4. The van der Waals surface area contributed by atoms with Gasteiger partial charge in [-0.05, 0) is 55.9 Å². The third-order valence-electron chi connectivity index (χ3n) is 4.56. The zero-order chi connectivity index (χ0) is 14.5. The van der Waals surface area contributed by atoms with Crippen molar-refractivity contribution in [3.8, 4) is 0 Å². The van der Waals surface area contributed by atoms with Crippen LogP contribution in [0.2, 0.25) is 0 Å². The van der Waals surface area contributed by atoms with E-state index in [4.69, 9.17) is 5.73 Å². The minimum Gasteiger partial charge on any atom is -0.348 e. The van der Waals surface area contributed by atoms with Gasteiger partial charge in [0.2, 0.25) is 0 Å². The van der Waals surface area contributed by atoms with E-state index in [1.54, 1.807) is 0 Å². The van der Waals surface area contributed by atoms with Crippen LogP contribution in [0, 0.1) is 19.8 Å². The molecule has 1 aliphatic carbocycles. The highest BCUT2D eigenvalue weighted by molar-refractivity contribution is 5.94. The van der Waals surface area contributed by atoms with Gasteiger partial charge in [-0.15, -0.1) is 0 Å². The highest BCUT2D eigenvalue weighted by Crippen LogP contribution is 2.26. The van der Waals surface area contributed by atoms with E-state index in [0.717, 1.165) is 11.1 Å². The summed E-state index contributed by atoms with van der Waals surface area (Å²) in [5, 5.41) is 3.14. The molecule has 0 spiro atoms. The summed E-state index contributed by atoms with van der Waals surface area (Å²) in [5.41, 5.74) is 8.97. The van der Waals surface area contributed by atoms with Crippen molar-refractivity contribution in [2.45, 2.75) is 52.0 Å². The van der Waals surface area contributed by atoms with Crippen LogP contribution >= 0.6 is 0 Å². The average molecular weight is 274 g/mol. The molecule has 1 unspecified atom stereocenters. The van der Waals surface area contributed by atoms with Gasteiger partial charge in [0.05, 0.1) is 0 Å². The third kappa shape index (κ3) is 3.60. The van der Waals surface area contributed by atoms with E-state index in [2.05, 4.69) is 12.2 Å². The fourth-order valence-corrected chi connectivity index (χ4v) is 3.04. The van der Waals surface area contributed by atoms with E-state index in [9.17, 15) is 4.79 Å². The molecule has 1 amide bonds. The maximum atomic E-state index is 12.4. The van der Waals surface area contributed by atoms with Gasteiger partial charge in [0.15, 0.2) is 0 Å². The number of amides is 1. The van der Waals surface area contributed by atoms with Gasteiger partial charge in [-0.25, -0.2) is 0 Å². The van der Waals surface area contributed by atoms with Crippen LogP contribution in [0.5, 0.6) is 0 Å². The first-order chi connectivity index (χ1) is 9.61. The number of carbonyl (C=O) groups is 1. The normalized spacial score (nSPS) is 17.8. The van der Waals surface area contributed by atoms with Crippen LogP contribution in [0.4, 0.5) is 0 Å². The molecular weight excluding hydrogens is 248 g/mol. The third-order valence-corrected chi connectivity index (χ3v) is 4.56. The molecule has 3 nitrogen and oxygen atoms in total. The summed E-state index contributed by atoms with van der Waals surface area (Å²) < 4.78 is 0. The van der Waals surface area contributed by atoms with E-state index < -0.39 is 0 Å². The van der Waals surface area contributed by atoms with Gasteiger partial charge >= 0.3 is 0 Å². The number of benzene rings is 1. The minimum absolute atomic E-state index is 0.00845. The Morgan fingerprint density at radius 2 is 1.95 bits per heavy atom. The predicted octanol–water partition coefficient (Wildman–Crippen LogP) is 2.94. The van der Waals surface area contributed by atoms with Crippen LogP contribution in [-0.2, 0) is 0 Å². The molecule has 0 aliphatic heterocycles. The molecule has 3 N–H and O–H groups in total. The molecule has 1 aromatic rings. The first-order valence-corrected chi connectivity index (χ1v) is 7.70. The Kier molecular flexibility index (Phi) is 5.18. The summed E-state index contributed by atoms with van der Waals surface area (Å²) in [4.78, 5) is 12.4. The van der Waals surface area contributed by atoms with Crippen molar-refractivity contribution in [3.05, 3.63) is 34.9 Å². The molecule has 1 aromatic carbocycles. The van der Waals surface area contributed by atoms with E-state index in [1.807, 2.05) is 25.1 Å². The number of aryl methyl sites for hydroxylation is 2. The van der Waals surface area contributed by atoms with Crippen molar-refractivity contribution < 1.29 is 4.79 Å². The smallest absolute Gasteiger partial charge is 0.251 e. The quantitative estimate of drug-likeness (QED) is 0.887. The molecule has 1 fully saturated rings. The van der Waals surface area contributed by atoms with Gasteiger partial charge in [-0.2, -0.15) is 0 Å². The molecule has 1 saturated carbocycles. The molecule has 2 rings (SSSR count). The molecule has 0 saturated heterocycles. The summed E-state index contributed by atoms with van der Waals surface area (Å²) in [6, 6.07) is 5.97. The standard InChI is InChI=1S/C17H26N2O/c1-12-8-9-15(10-13(12)2)17(20)19-16(11-18)14-6-4-3-5-7-14/h8-10,14,16H,3-7,11,18H2,1-2H3,(H,19,20). The molecule has 20 heavy (non-hydrogen) atoms. The maximum absolute atomic E-state index is 12.4. The van der Waals surface area contributed by atoms with Gasteiger partial charge in [0, 0.05) is 18.2 Å². The molecule has 0 aromatic heterocycles. The summed E-state index contributed by atoms with van der Waals surface area (Å²) >= 11 is 0. The van der Waals surface area contributed by atoms with Gasteiger partial charge in [-0.3, -0.25) is 4.79 Å². The second-order valence-electron chi connectivity index (χ2n) is 6.01. The topological polar surface area (TPSA) is 55.1 Å². The van der Waals surface area contributed by atoms with Crippen molar-refractivity contribution in [1.82, 2.24) is 5.32 Å². The van der Waals surface area contributed by atoms with Crippen LogP contribution in [0.1, 0.15) is 53.6 Å². The Bertz CT molecular complexity index is 464. The lowest BCUT2D eigenvalue weighted by Crippen LogP contribution is -2.45. The van der Waals surface area contributed by atoms with Crippen molar-refractivity contribution in [1.29, 1.82) is 0 Å². The lowest BCUT2D eigenvalue weighted by Gasteiger charge is -2.30. The van der Waals surface area contributed by atoms with Gasteiger partial charge < -0.3 is 11.1 Å². The first-order valence-electron chi connectivity index (χ1n) is 7.70. The molecule has 110 valence electrons. The van der Waals surface area contributed by atoms with Crippen LogP contribution < -0.4 is 11.1 Å². The van der Waals surface area contributed by atoms with Crippen molar-refractivity contribution in [2.24, 2.45) is 11.7 Å². The highest BCUT2D eigenvalue weighted by atomic mass is 16.1. The zero-order valence-corrected chi connectivity index (χ0v) is 12.6. The summed E-state index contributed by atoms with van der Waals surface area (Å²) in [6.45, 7) is 4.62. The number of nitrogens with two attached hydrogens (primary N) is 1. The van der Waals surface area contributed by atoms with E-state index in [-0.39, 0.29) is 11.9 Å². The molecule has 3 heteroatoms. The Labute approximate surface area is 121 Å². The fourth-order valence-electron chi connectivity index (χ4n) is 3.04. The van der Waals surface area contributed by atoms with Crippen LogP contribution in [0.15, 0.2) is 18.2 Å². The van der Waals surface area contributed by atoms with Crippen molar-refractivity contribution in [2.75, 3.05) is 6.54 Å².